The van der Waals surface area contributed by atoms with Gasteiger partial charge in [-0.2, -0.15) is 0 Å². The van der Waals surface area contributed by atoms with Gasteiger partial charge >= 0.3 is 0 Å². The highest BCUT2D eigenvalue weighted by Crippen LogP contribution is 2.61. The molecule has 2 fully saturated rings. The van der Waals surface area contributed by atoms with Gasteiger partial charge in [0.2, 0.25) is 5.91 Å². The number of carbonyl (C=O) groups excluding carboxylic acids is 2. The molecule has 4 aromatic rings. The summed E-state index contributed by atoms with van der Waals surface area (Å²) >= 11 is 0. The van der Waals surface area contributed by atoms with Gasteiger partial charge < -0.3 is 25.3 Å². The van der Waals surface area contributed by atoms with Gasteiger partial charge in [0.15, 0.2) is 13.9 Å². The molecule has 0 aliphatic carbocycles. The average molecular weight is 681 g/mol. The highest BCUT2D eigenvalue weighted by Gasteiger charge is 2.66. The smallest absolute Gasteiger partial charge is 0.268 e. The summed E-state index contributed by atoms with van der Waals surface area (Å²) in [4.78, 5) is 41.4. The van der Waals surface area contributed by atoms with E-state index in [1.807, 2.05) is 105 Å². The molecule has 7 rings (SSSR count). The molecule has 6 atom stereocenters. The van der Waals surface area contributed by atoms with E-state index in [9.17, 15) is 19.5 Å². The maximum atomic E-state index is 14.9. The maximum absolute atomic E-state index is 14.9. The third-order valence-corrected chi connectivity index (χ3v) is 13.0. The number of nitrogens with one attached hydrogen (secondary N) is 2. The molecular formula is C37H44N6O5Si. The van der Waals surface area contributed by atoms with Crippen LogP contribution in [0, 0.1) is 5.92 Å². The molecule has 4 N–H and O–H groups in total. The van der Waals surface area contributed by atoms with Crippen molar-refractivity contribution in [3.05, 3.63) is 102 Å². The second-order valence-corrected chi connectivity index (χ2v) is 18.0. The van der Waals surface area contributed by atoms with Crippen LogP contribution in [-0.2, 0) is 26.5 Å². The normalized spacial score (nSPS) is 25.6. The van der Waals surface area contributed by atoms with Gasteiger partial charge in [0.1, 0.15) is 0 Å². The summed E-state index contributed by atoms with van der Waals surface area (Å²) in [7, 11) is -2.91. The number of aliphatic hydroxyl groups excluding tert-OH is 1. The number of anilines is 3. The molecule has 49 heavy (non-hydrogen) atoms. The first-order chi connectivity index (χ1) is 23.6. The molecule has 3 aromatic carbocycles. The van der Waals surface area contributed by atoms with E-state index in [1.165, 1.54) is 0 Å². The Morgan fingerprint density at radius 1 is 1.12 bits per heavy atom. The number of nitrogens with zero attached hydrogens (tertiary/aromatic N) is 4. The summed E-state index contributed by atoms with van der Waals surface area (Å²) in [6.45, 7) is 6.99. The van der Waals surface area contributed by atoms with Gasteiger partial charge in [0.05, 0.1) is 36.1 Å². The highest BCUT2D eigenvalue weighted by molar-refractivity contribution is 6.71. The summed E-state index contributed by atoms with van der Waals surface area (Å²) in [5.74, 6) is -0.966. The Bertz CT molecular complexity index is 1810. The van der Waals surface area contributed by atoms with E-state index in [0.29, 0.717) is 35.6 Å². The fraction of sp³-hybridized carbons (Fsp3) is 0.405. The summed E-state index contributed by atoms with van der Waals surface area (Å²) < 4.78 is 8.78. The quantitative estimate of drug-likeness (QED) is 0.177. The second-order valence-electron chi connectivity index (χ2n) is 14.0. The number of hydrogen-bond donors (Lipinski definition) is 4. The van der Waals surface area contributed by atoms with Crippen LogP contribution < -0.4 is 15.5 Å². The largest absolute Gasteiger partial charge is 0.432 e. The van der Waals surface area contributed by atoms with Gasteiger partial charge in [-0.25, -0.2) is 0 Å². The number of benzene rings is 3. The van der Waals surface area contributed by atoms with Crippen molar-refractivity contribution in [2.45, 2.75) is 75.0 Å². The molecule has 11 nitrogen and oxygen atoms in total. The summed E-state index contributed by atoms with van der Waals surface area (Å²) in [6, 6.07) is 24.6. The Morgan fingerprint density at radius 2 is 1.86 bits per heavy atom. The number of carbonyl (C=O) groups is 2. The second kappa shape index (κ2) is 13.3. The first kappa shape index (κ1) is 33.3. The zero-order chi connectivity index (χ0) is 34.3. The van der Waals surface area contributed by atoms with Crippen molar-refractivity contribution in [2.24, 2.45) is 5.92 Å². The third kappa shape index (κ3) is 6.01. The number of aryl methyl sites for hydroxylation is 1. The van der Waals surface area contributed by atoms with E-state index >= 15 is 0 Å². The molecule has 2 amide bonds. The van der Waals surface area contributed by atoms with Crippen LogP contribution in [-0.4, -0.2) is 70.3 Å². The molecule has 12 heteroatoms. The summed E-state index contributed by atoms with van der Waals surface area (Å²) in [5, 5.41) is 25.2. The maximum Gasteiger partial charge on any atom is 0.268 e. The van der Waals surface area contributed by atoms with Crippen LogP contribution in [0.4, 0.5) is 17.1 Å². The van der Waals surface area contributed by atoms with Crippen LogP contribution in [0.5, 0.6) is 0 Å². The van der Waals surface area contributed by atoms with Crippen molar-refractivity contribution >= 4 is 37.2 Å². The lowest BCUT2D eigenvalue weighted by molar-refractivity contribution is -0.145. The molecule has 0 bridgehead atoms. The fourth-order valence-electron chi connectivity index (χ4n) is 8.22. The number of aliphatic hydroxyl groups is 1. The van der Waals surface area contributed by atoms with Crippen molar-refractivity contribution in [3.8, 4) is 0 Å². The predicted octanol–water partition coefficient (Wildman–Crippen LogP) is 4.66. The molecule has 1 unspecified atom stereocenters. The molecule has 2 saturated heterocycles. The molecule has 3 aliphatic heterocycles. The van der Waals surface area contributed by atoms with E-state index in [0.717, 1.165) is 30.6 Å². The Morgan fingerprint density at radius 3 is 2.53 bits per heavy atom. The minimum absolute atomic E-state index is 0.0973. The highest BCUT2D eigenvalue weighted by atomic mass is 28.4. The minimum atomic E-state index is -2.91. The molecule has 3 aliphatic rings. The number of para-hydroxylation sites is 1. The van der Waals surface area contributed by atoms with E-state index in [1.54, 1.807) is 9.58 Å². The van der Waals surface area contributed by atoms with Crippen molar-refractivity contribution in [3.63, 3.8) is 0 Å². The molecule has 0 saturated carbocycles. The molecular weight excluding hydrogens is 637 g/mol. The van der Waals surface area contributed by atoms with Crippen LogP contribution in [0.2, 0.25) is 18.6 Å². The van der Waals surface area contributed by atoms with Crippen molar-refractivity contribution in [1.29, 1.82) is 0 Å². The number of fused-ring (bicyclic) bond motifs is 2. The third-order valence-electron chi connectivity index (χ3n) is 10.5. The van der Waals surface area contributed by atoms with E-state index in [2.05, 4.69) is 20.9 Å². The number of rotatable bonds is 10. The molecule has 1 spiro atoms. The first-order valence-electron chi connectivity index (χ1n) is 17.2. The van der Waals surface area contributed by atoms with Crippen molar-refractivity contribution in [1.82, 2.24) is 20.3 Å². The average Bonchev–Trinajstić information content (AvgIpc) is 3.89. The van der Waals surface area contributed by atoms with Crippen LogP contribution >= 0.6 is 0 Å². The van der Waals surface area contributed by atoms with Crippen LogP contribution in [0.1, 0.15) is 48.9 Å². The predicted molar refractivity (Wildman–Crippen MR) is 189 cm³/mol. The Labute approximate surface area is 287 Å². The van der Waals surface area contributed by atoms with Gasteiger partial charge in [0.25, 0.3) is 5.91 Å². The van der Waals surface area contributed by atoms with Crippen molar-refractivity contribution < 1.29 is 24.2 Å². The zero-order valence-electron chi connectivity index (χ0n) is 28.1. The van der Waals surface area contributed by atoms with E-state index < -0.39 is 20.0 Å². The number of amides is 2. The molecule has 1 aromatic heterocycles. The Balaban J connectivity index is 1.22. The monoisotopic (exact) mass is 680 g/mol. The first-order valence-corrected chi connectivity index (χ1v) is 20.2. The zero-order valence-corrected chi connectivity index (χ0v) is 29.1. The molecule has 0 radical (unpaired) electrons. The van der Waals surface area contributed by atoms with Crippen LogP contribution in [0.25, 0.3) is 0 Å². The Kier molecular flexibility index (Phi) is 9.01. The van der Waals surface area contributed by atoms with Gasteiger partial charge in [-0.05, 0) is 74.8 Å². The van der Waals surface area contributed by atoms with E-state index in [4.69, 9.17) is 4.74 Å². The summed E-state index contributed by atoms with van der Waals surface area (Å²) in [5.41, 5.74) is 2.68. The summed E-state index contributed by atoms with van der Waals surface area (Å²) in [6.07, 6.45) is 3.61. The van der Waals surface area contributed by atoms with Crippen LogP contribution in [0.15, 0.2) is 85.1 Å². The topological polar surface area (TPSA) is 142 Å². The lowest BCUT2D eigenvalue weighted by Gasteiger charge is -2.32. The van der Waals surface area contributed by atoms with Gasteiger partial charge in [-0.15, -0.1) is 5.10 Å². The minimum Gasteiger partial charge on any atom is -0.432 e. The van der Waals surface area contributed by atoms with Gasteiger partial charge in [-0.1, -0.05) is 60.7 Å². The lowest BCUT2D eigenvalue weighted by Crippen LogP contribution is -2.45. The van der Waals surface area contributed by atoms with Crippen molar-refractivity contribution in [2.75, 3.05) is 23.4 Å². The number of aromatic nitrogens is 3. The van der Waals surface area contributed by atoms with Crippen LogP contribution in [0.3, 0.4) is 0 Å². The Hall–Kier alpha value is -4.20. The number of hydrogen-bond acceptors (Lipinski definition) is 8. The standard InChI is InChI=1S/C37H44N6O5Si/c1-24-34(49(2,3)47)33(18-20-42-22-31(40-41-42)28(23-44)25-11-6-4-7-12-25)48-37(24)29-21-26(39-35(45)30-15-10-19-38-30)16-17-32(29)43(36(37)46)27-13-8-5-9-14-27/h4-9,11-14,16-17,21-22,24,28,30,33-34,38,44,47H,10,15,18-20,23H2,1-3H3,(H,39,45)/t24-,28?,30+,33+,34-,37+/m0/s1. The molecule has 4 heterocycles. The van der Waals surface area contributed by atoms with Gasteiger partial charge in [0, 0.05) is 41.1 Å². The molecule has 256 valence electrons. The van der Waals surface area contributed by atoms with Gasteiger partial charge in [-0.3, -0.25) is 19.2 Å². The number of ether oxygens (including phenoxy) is 1. The SMILES string of the molecule is C[C@H]1[C@H]([Si](C)(C)O)[C@@H](CCn2cc(C(CO)c3ccccc3)nn2)O[C@]12C(=O)N(c1ccccc1)c1ccc(NC(=O)[C@H]3CCCN3)cc12. The lowest BCUT2D eigenvalue weighted by atomic mass is 9.82. The fourth-order valence-corrected chi connectivity index (χ4v) is 10.8. The van der Waals surface area contributed by atoms with E-state index in [-0.39, 0.29) is 41.8 Å².